The van der Waals surface area contributed by atoms with Gasteiger partial charge in [0.05, 0.1) is 11.8 Å². The van der Waals surface area contributed by atoms with Crippen LogP contribution in [0.2, 0.25) is 0 Å². The zero-order chi connectivity index (χ0) is 17.6. The van der Waals surface area contributed by atoms with E-state index in [0.29, 0.717) is 18.4 Å². The van der Waals surface area contributed by atoms with Crippen LogP contribution in [-0.4, -0.2) is 47.3 Å². The Kier molecular flexibility index (Phi) is 6.18. The lowest BCUT2D eigenvalue weighted by Gasteiger charge is -2.32. The number of benzene rings is 1. The molecular formula is C19H26FN3O2. The molecule has 2 heterocycles. The summed E-state index contributed by atoms with van der Waals surface area (Å²) in [6.45, 7) is 6.34. The van der Waals surface area contributed by atoms with Crippen molar-refractivity contribution in [3.63, 3.8) is 0 Å². The van der Waals surface area contributed by atoms with Crippen LogP contribution in [0.5, 0.6) is 0 Å². The van der Waals surface area contributed by atoms with Crippen molar-refractivity contribution in [1.29, 1.82) is 0 Å². The maximum atomic E-state index is 13.0. The van der Waals surface area contributed by atoms with Crippen molar-refractivity contribution < 1.29 is 13.9 Å². The lowest BCUT2D eigenvalue weighted by Crippen LogP contribution is -2.40. The molecule has 1 aliphatic heterocycles. The summed E-state index contributed by atoms with van der Waals surface area (Å²) < 4.78 is 18.4. The van der Waals surface area contributed by atoms with Crippen LogP contribution in [0, 0.1) is 11.7 Å². The number of aromatic nitrogens is 1. The molecule has 0 radical (unpaired) electrons. The number of aliphatic hydroxyl groups excluding tert-OH is 1. The molecule has 0 saturated carbocycles. The molecule has 1 unspecified atom stereocenters. The second-order valence-corrected chi connectivity index (χ2v) is 6.87. The monoisotopic (exact) mass is 347 g/mol. The number of likely N-dealkylation sites (tertiary alicyclic amines) is 1. The third-order valence-electron chi connectivity index (χ3n) is 4.61. The van der Waals surface area contributed by atoms with Crippen molar-refractivity contribution >= 4 is 0 Å². The Morgan fingerprint density at radius 1 is 1.32 bits per heavy atom. The van der Waals surface area contributed by atoms with E-state index in [-0.39, 0.29) is 11.9 Å². The predicted octanol–water partition coefficient (Wildman–Crippen LogP) is 2.66. The average Bonchev–Trinajstić information content (AvgIpc) is 3.05. The summed E-state index contributed by atoms with van der Waals surface area (Å²) in [5, 5.41) is 12.9. The van der Waals surface area contributed by atoms with Gasteiger partial charge in [-0.1, -0.05) is 0 Å². The molecule has 5 nitrogen and oxygen atoms in total. The van der Waals surface area contributed by atoms with Crippen LogP contribution in [0.25, 0.3) is 11.5 Å². The van der Waals surface area contributed by atoms with Gasteiger partial charge in [-0.3, -0.25) is 0 Å². The van der Waals surface area contributed by atoms with E-state index in [2.05, 4.69) is 15.2 Å². The third-order valence-corrected chi connectivity index (χ3v) is 4.61. The molecule has 136 valence electrons. The average molecular weight is 347 g/mol. The van der Waals surface area contributed by atoms with E-state index in [0.717, 1.165) is 50.3 Å². The molecule has 1 aromatic carbocycles. The predicted molar refractivity (Wildman–Crippen MR) is 94.4 cm³/mol. The van der Waals surface area contributed by atoms with Gasteiger partial charge in [0.2, 0.25) is 5.89 Å². The summed E-state index contributed by atoms with van der Waals surface area (Å²) >= 11 is 0. The summed E-state index contributed by atoms with van der Waals surface area (Å²) in [5.41, 5.74) is 1.63. The molecule has 1 aromatic heterocycles. The van der Waals surface area contributed by atoms with Crippen molar-refractivity contribution in [1.82, 2.24) is 15.2 Å². The topological polar surface area (TPSA) is 61.5 Å². The zero-order valence-electron chi connectivity index (χ0n) is 14.6. The fourth-order valence-electron chi connectivity index (χ4n) is 3.26. The number of nitrogens with zero attached hydrogens (tertiary/aromatic N) is 2. The Labute approximate surface area is 147 Å². The van der Waals surface area contributed by atoms with Gasteiger partial charge >= 0.3 is 0 Å². The van der Waals surface area contributed by atoms with Crippen molar-refractivity contribution in [2.75, 3.05) is 26.2 Å². The summed E-state index contributed by atoms with van der Waals surface area (Å²) in [6.07, 6.45) is 3.70. The molecule has 0 amide bonds. The van der Waals surface area contributed by atoms with Crippen LogP contribution >= 0.6 is 0 Å². The summed E-state index contributed by atoms with van der Waals surface area (Å²) in [4.78, 5) is 6.78. The first-order chi connectivity index (χ1) is 12.1. The van der Waals surface area contributed by atoms with Gasteiger partial charge in [0.1, 0.15) is 12.1 Å². The normalized spacial score (nSPS) is 17.7. The number of hydrogen-bond donors (Lipinski definition) is 2. The van der Waals surface area contributed by atoms with Gasteiger partial charge in [0.25, 0.3) is 0 Å². The molecule has 0 spiro atoms. The van der Waals surface area contributed by atoms with Crippen molar-refractivity contribution in [2.45, 2.75) is 32.4 Å². The maximum absolute atomic E-state index is 13.0. The highest BCUT2D eigenvalue weighted by Crippen LogP contribution is 2.19. The van der Waals surface area contributed by atoms with Gasteiger partial charge in [0, 0.05) is 18.7 Å². The van der Waals surface area contributed by atoms with Gasteiger partial charge in [-0.05, 0) is 69.6 Å². The first-order valence-electron chi connectivity index (χ1n) is 8.91. The lowest BCUT2D eigenvalue weighted by atomic mass is 9.96. The highest BCUT2D eigenvalue weighted by molar-refractivity contribution is 5.52. The molecule has 1 fully saturated rings. The molecule has 0 aliphatic carbocycles. The minimum atomic E-state index is -0.267. The third kappa shape index (κ3) is 5.36. The molecule has 3 rings (SSSR count). The van der Waals surface area contributed by atoms with E-state index < -0.39 is 0 Å². The summed E-state index contributed by atoms with van der Waals surface area (Å²) in [7, 11) is 0. The van der Waals surface area contributed by atoms with Crippen LogP contribution in [0.4, 0.5) is 4.39 Å². The second-order valence-electron chi connectivity index (χ2n) is 6.87. The van der Waals surface area contributed by atoms with E-state index in [1.54, 1.807) is 18.4 Å². The standard InChI is InChI=1S/C19H26FN3O2/c1-14(24)12-23-8-6-15(7-9-23)10-21-11-18-13-25-19(22-18)16-2-4-17(20)5-3-16/h2-5,13-15,21,24H,6-12H2,1H3. The number of nitrogens with one attached hydrogen (secondary N) is 1. The highest BCUT2D eigenvalue weighted by atomic mass is 19.1. The lowest BCUT2D eigenvalue weighted by molar-refractivity contribution is 0.0998. The maximum Gasteiger partial charge on any atom is 0.226 e. The highest BCUT2D eigenvalue weighted by Gasteiger charge is 2.19. The van der Waals surface area contributed by atoms with Crippen LogP contribution < -0.4 is 5.32 Å². The van der Waals surface area contributed by atoms with Crippen LogP contribution in [-0.2, 0) is 6.54 Å². The minimum absolute atomic E-state index is 0.253. The van der Waals surface area contributed by atoms with Gasteiger partial charge < -0.3 is 19.7 Å². The van der Waals surface area contributed by atoms with Gasteiger partial charge in [-0.2, -0.15) is 0 Å². The molecule has 2 aromatic rings. The largest absolute Gasteiger partial charge is 0.444 e. The van der Waals surface area contributed by atoms with Crippen molar-refractivity contribution in [2.24, 2.45) is 5.92 Å². The molecule has 0 bridgehead atoms. The molecule has 1 aliphatic rings. The Balaban J connectivity index is 1.41. The molecule has 25 heavy (non-hydrogen) atoms. The molecule has 2 N–H and O–H groups in total. The second kappa shape index (κ2) is 8.56. The van der Waals surface area contributed by atoms with E-state index >= 15 is 0 Å². The Hall–Kier alpha value is -1.76. The van der Waals surface area contributed by atoms with E-state index in [4.69, 9.17) is 4.42 Å². The molecule has 1 atom stereocenters. The van der Waals surface area contributed by atoms with Crippen molar-refractivity contribution in [3.8, 4) is 11.5 Å². The van der Waals surface area contributed by atoms with Gasteiger partial charge in [-0.15, -0.1) is 0 Å². The number of halogens is 1. The zero-order valence-corrected chi connectivity index (χ0v) is 14.6. The SMILES string of the molecule is CC(O)CN1CCC(CNCc2coc(-c3ccc(F)cc3)n2)CC1. The summed E-state index contributed by atoms with van der Waals surface area (Å²) in [5.74, 6) is 0.911. The van der Waals surface area contributed by atoms with Crippen LogP contribution in [0.1, 0.15) is 25.5 Å². The molecule has 1 saturated heterocycles. The van der Waals surface area contributed by atoms with E-state index in [1.165, 1.54) is 12.1 Å². The quantitative estimate of drug-likeness (QED) is 0.806. The Morgan fingerprint density at radius 3 is 2.72 bits per heavy atom. The molecule has 6 heteroatoms. The fraction of sp³-hybridized carbons (Fsp3) is 0.526. The molecular weight excluding hydrogens is 321 g/mol. The minimum Gasteiger partial charge on any atom is -0.444 e. The van der Waals surface area contributed by atoms with Gasteiger partial charge in [0.15, 0.2) is 0 Å². The number of aliphatic hydroxyl groups is 1. The van der Waals surface area contributed by atoms with Crippen LogP contribution in [0.15, 0.2) is 34.9 Å². The van der Waals surface area contributed by atoms with Gasteiger partial charge in [-0.25, -0.2) is 9.37 Å². The number of hydrogen-bond acceptors (Lipinski definition) is 5. The first-order valence-corrected chi connectivity index (χ1v) is 8.91. The summed E-state index contributed by atoms with van der Waals surface area (Å²) in [6, 6.07) is 6.14. The smallest absolute Gasteiger partial charge is 0.226 e. The number of rotatable bonds is 7. The Morgan fingerprint density at radius 2 is 2.04 bits per heavy atom. The number of β-amino-alcohol motifs (C(OH)–C–C–N with tert-alkyl or cyclic N) is 1. The van der Waals surface area contributed by atoms with E-state index in [1.807, 2.05) is 6.92 Å². The Bertz CT molecular complexity index is 649. The van der Waals surface area contributed by atoms with Crippen LogP contribution in [0.3, 0.4) is 0 Å². The fourth-order valence-corrected chi connectivity index (χ4v) is 3.26. The van der Waals surface area contributed by atoms with Crippen molar-refractivity contribution in [3.05, 3.63) is 42.0 Å². The number of oxazole rings is 1. The van der Waals surface area contributed by atoms with E-state index in [9.17, 15) is 9.50 Å². The number of piperidine rings is 1. The first kappa shape index (κ1) is 18.0.